The molecule has 0 saturated carbocycles. The van der Waals surface area contributed by atoms with Gasteiger partial charge in [-0.15, -0.1) is 0 Å². The minimum Gasteiger partial charge on any atom is -0.376 e. The minimum atomic E-state index is -0.770. The van der Waals surface area contributed by atoms with Crippen molar-refractivity contribution in [2.45, 2.75) is 38.8 Å². The Bertz CT molecular complexity index is 370. The van der Waals surface area contributed by atoms with Crippen molar-refractivity contribution in [3.63, 3.8) is 0 Å². The third-order valence-corrected chi connectivity index (χ3v) is 3.76. The number of ether oxygens (including phenoxy) is 1. The molecular weight excluding hydrogens is 246 g/mol. The lowest BCUT2D eigenvalue weighted by molar-refractivity contribution is -0.130. The average molecular weight is 269 g/mol. The van der Waals surface area contributed by atoms with Crippen LogP contribution >= 0.6 is 0 Å². The second kappa shape index (κ2) is 5.46. The first-order valence-electron chi connectivity index (χ1n) is 6.92. The van der Waals surface area contributed by atoms with Gasteiger partial charge in [0.2, 0.25) is 0 Å². The van der Waals surface area contributed by atoms with E-state index in [9.17, 15) is 9.59 Å². The maximum absolute atomic E-state index is 12.0. The van der Waals surface area contributed by atoms with Crippen LogP contribution < -0.4 is 5.32 Å². The van der Waals surface area contributed by atoms with Crippen molar-refractivity contribution in [1.82, 2.24) is 15.1 Å². The Hall–Kier alpha value is -1.14. The molecule has 2 rings (SSSR count). The number of hydrogen-bond acceptors (Lipinski definition) is 4. The minimum absolute atomic E-state index is 0.141. The molecule has 19 heavy (non-hydrogen) atoms. The molecule has 0 aliphatic carbocycles. The summed E-state index contributed by atoms with van der Waals surface area (Å²) in [5.74, 6) is -0.141. The summed E-state index contributed by atoms with van der Waals surface area (Å²) in [6.07, 6.45) is 1.26. The van der Waals surface area contributed by atoms with E-state index in [0.717, 1.165) is 32.7 Å². The molecule has 0 aromatic rings. The number of imide groups is 1. The molecule has 0 unspecified atom stereocenters. The summed E-state index contributed by atoms with van der Waals surface area (Å²) >= 11 is 0. The first kappa shape index (κ1) is 14.3. The maximum Gasteiger partial charge on any atom is 0.325 e. The van der Waals surface area contributed by atoms with Gasteiger partial charge in [0.25, 0.3) is 5.91 Å². The van der Waals surface area contributed by atoms with Crippen molar-refractivity contribution < 1.29 is 14.3 Å². The van der Waals surface area contributed by atoms with Gasteiger partial charge < -0.3 is 10.1 Å². The number of nitrogens with zero attached hydrogens (tertiary/aromatic N) is 2. The number of urea groups is 1. The summed E-state index contributed by atoms with van der Waals surface area (Å²) in [6, 6.07) is -0.282. The predicted octanol–water partition coefficient (Wildman–Crippen LogP) is 0.428. The van der Waals surface area contributed by atoms with Gasteiger partial charge in [-0.3, -0.25) is 14.6 Å². The van der Waals surface area contributed by atoms with Crippen LogP contribution in [0.1, 0.15) is 27.2 Å². The van der Waals surface area contributed by atoms with Crippen molar-refractivity contribution in [2.75, 3.05) is 32.8 Å². The van der Waals surface area contributed by atoms with Crippen LogP contribution in [-0.2, 0) is 9.53 Å². The summed E-state index contributed by atoms with van der Waals surface area (Å²) in [5, 5.41) is 2.69. The van der Waals surface area contributed by atoms with Crippen LogP contribution in [0.3, 0.4) is 0 Å². The molecule has 0 spiro atoms. The topological polar surface area (TPSA) is 61.9 Å². The van der Waals surface area contributed by atoms with Gasteiger partial charge >= 0.3 is 6.03 Å². The molecule has 2 heterocycles. The number of carbonyl (C=O) groups excluding carboxylic acids is 2. The molecule has 6 nitrogen and oxygen atoms in total. The van der Waals surface area contributed by atoms with Gasteiger partial charge in [-0.1, -0.05) is 6.92 Å². The zero-order valence-electron chi connectivity index (χ0n) is 11.9. The molecule has 0 aromatic carbocycles. The number of rotatable bonds is 4. The highest BCUT2D eigenvalue weighted by atomic mass is 16.5. The number of morpholine rings is 1. The van der Waals surface area contributed by atoms with Crippen molar-refractivity contribution in [3.8, 4) is 0 Å². The van der Waals surface area contributed by atoms with E-state index in [1.165, 1.54) is 4.90 Å². The van der Waals surface area contributed by atoms with Gasteiger partial charge in [0.15, 0.2) is 0 Å². The van der Waals surface area contributed by atoms with E-state index in [2.05, 4.69) is 17.1 Å². The second-order valence-electron chi connectivity index (χ2n) is 5.71. The Balaban J connectivity index is 1.85. The average Bonchev–Trinajstić information content (AvgIpc) is 2.57. The van der Waals surface area contributed by atoms with E-state index in [1.54, 1.807) is 13.8 Å². The summed E-state index contributed by atoms with van der Waals surface area (Å²) in [4.78, 5) is 27.3. The van der Waals surface area contributed by atoms with E-state index in [1.807, 2.05) is 0 Å². The molecule has 0 aromatic heterocycles. The summed E-state index contributed by atoms with van der Waals surface area (Å²) in [5.41, 5.74) is -0.770. The van der Waals surface area contributed by atoms with Crippen LogP contribution in [0.25, 0.3) is 0 Å². The fraction of sp³-hybridized carbons (Fsp3) is 0.846. The number of amides is 3. The second-order valence-corrected chi connectivity index (χ2v) is 5.71. The molecule has 2 saturated heterocycles. The highest BCUT2D eigenvalue weighted by Crippen LogP contribution is 2.16. The Morgan fingerprint density at radius 3 is 2.68 bits per heavy atom. The van der Waals surface area contributed by atoms with Gasteiger partial charge in [0.1, 0.15) is 5.54 Å². The monoisotopic (exact) mass is 269 g/mol. The molecule has 2 fully saturated rings. The predicted molar refractivity (Wildman–Crippen MR) is 70.8 cm³/mol. The number of carbonyl (C=O) groups is 2. The Morgan fingerprint density at radius 1 is 1.37 bits per heavy atom. The fourth-order valence-corrected chi connectivity index (χ4v) is 2.49. The van der Waals surface area contributed by atoms with Gasteiger partial charge in [-0.05, 0) is 20.3 Å². The molecule has 1 atom stereocenters. The SMILES string of the molecule is CC[C@@H]1CN(CCN2C(=O)NC(C)(C)C2=O)CCO1. The first-order chi connectivity index (χ1) is 8.94. The number of nitrogens with one attached hydrogen (secondary N) is 1. The van der Waals surface area contributed by atoms with E-state index in [-0.39, 0.29) is 18.0 Å². The Labute approximate surface area is 114 Å². The molecule has 2 aliphatic rings. The van der Waals surface area contributed by atoms with Crippen molar-refractivity contribution in [2.24, 2.45) is 0 Å². The summed E-state index contributed by atoms with van der Waals surface area (Å²) < 4.78 is 5.60. The molecule has 0 radical (unpaired) electrons. The quantitative estimate of drug-likeness (QED) is 0.752. The largest absolute Gasteiger partial charge is 0.376 e. The zero-order valence-corrected chi connectivity index (χ0v) is 11.9. The molecule has 0 bridgehead atoms. The lowest BCUT2D eigenvalue weighted by Crippen LogP contribution is -2.46. The van der Waals surface area contributed by atoms with Gasteiger partial charge in [0.05, 0.1) is 12.7 Å². The van der Waals surface area contributed by atoms with E-state index >= 15 is 0 Å². The lowest BCUT2D eigenvalue weighted by Gasteiger charge is -2.33. The third kappa shape index (κ3) is 3.06. The van der Waals surface area contributed by atoms with Crippen LogP contribution in [0.4, 0.5) is 4.79 Å². The highest BCUT2D eigenvalue weighted by molar-refractivity contribution is 6.06. The van der Waals surface area contributed by atoms with Crippen molar-refractivity contribution in [3.05, 3.63) is 0 Å². The van der Waals surface area contributed by atoms with Crippen LogP contribution in [0.5, 0.6) is 0 Å². The summed E-state index contributed by atoms with van der Waals surface area (Å²) in [6.45, 7) is 9.20. The normalized spacial score (nSPS) is 27.7. The van der Waals surface area contributed by atoms with Gasteiger partial charge in [-0.25, -0.2) is 4.79 Å². The highest BCUT2D eigenvalue weighted by Gasteiger charge is 2.44. The maximum atomic E-state index is 12.0. The van der Waals surface area contributed by atoms with Gasteiger partial charge in [-0.2, -0.15) is 0 Å². The van der Waals surface area contributed by atoms with E-state index < -0.39 is 5.54 Å². The summed E-state index contributed by atoms with van der Waals surface area (Å²) in [7, 11) is 0. The van der Waals surface area contributed by atoms with E-state index in [0.29, 0.717) is 6.54 Å². The van der Waals surface area contributed by atoms with Crippen LogP contribution in [0.2, 0.25) is 0 Å². The Kier molecular flexibility index (Phi) is 4.10. The van der Waals surface area contributed by atoms with Gasteiger partial charge in [0, 0.05) is 26.2 Å². The standard InChI is InChI=1S/C13H23N3O3/c1-4-10-9-15(7-8-19-10)5-6-16-11(17)13(2,3)14-12(16)18/h10H,4-9H2,1-3H3,(H,14,18)/t10-/m1/s1. The molecule has 6 heteroatoms. The molecule has 108 valence electrons. The van der Waals surface area contributed by atoms with Crippen molar-refractivity contribution >= 4 is 11.9 Å². The number of hydrogen-bond donors (Lipinski definition) is 1. The molecule has 2 aliphatic heterocycles. The first-order valence-corrected chi connectivity index (χ1v) is 6.92. The van der Waals surface area contributed by atoms with Crippen molar-refractivity contribution in [1.29, 1.82) is 0 Å². The van der Waals surface area contributed by atoms with Crippen LogP contribution in [0.15, 0.2) is 0 Å². The van der Waals surface area contributed by atoms with E-state index in [4.69, 9.17) is 4.74 Å². The molecule has 3 amide bonds. The fourth-order valence-electron chi connectivity index (χ4n) is 2.49. The third-order valence-electron chi connectivity index (χ3n) is 3.76. The Morgan fingerprint density at radius 2 is 2.11 bits per heavy atom. The zero-order chi connectivity index (χ0) is 14.0. The van der Waals surface area contributed by atoms with Crippen LogP contribution in [-0.4, -0.2) is 66.2 Å². The molecule has 1 N–H and O–H groups in total. The van der Waals surface area contributed by atoms with Crippen LogP contribution in [0, 0.1) is 0 Å². The molecular formula is C13H23N3O3. The lowest BCUT2D eigenvalue weighted by atomic mass is 10.1. The smallest absolute Gasteiger partial charge is 0.325 e.